The van der Waals surface area contributed by atoms with Crippen LogP contribution >= 0.6 is 0 Å². The van der Waals surface area contributed by atoms with Gasteiger partial charge in [-0.05, 0) is 11.6 Å². The van der Waals surface area contributed by atoms with Crippen molar-refractivity contribution < 1.29 is 14.7 Å². The molecule has 0 aliphatic carbocycles. The number of benzene rings is 3. The number of hydrogen-bond acceptors (Lipinski definition) is 3. The lowest BCUT2D eigenvalue weighted by Crippen LogP contribution is -2.37. The van der Waals surface area contributed by atoms with Gasteiger partial charge in [-0.15, -0.1) is 0 Å². The zero-order valence-electron chi connectivity index (χ0n) is 16.1. The van der Waals surface area contributed by atoms with E-state index < -0.39 is 17.9 Å². The number of para-hydroxylation sites is 1. The first kappa shape index (κ1) is 19.4. The molecule has 1 heterocycles. The predicted molar refractivity (Wildman–Crippen MR) is 117 cm³/mol. The minimum atomic E-state index is -0.893. The largest absolute Gasteiger partial charge is 0.387 e. The summed E-state index contributed by atoms with van der Waals surface area (Å²) >= 11 is 0. The lowest BCUT2D eigenvalue weighted by atomic mass is 10.1. The van der Waals surface area contributed by atoms with Crippen LogP contribution in [0.15, 0.2) is 84.9 Å². The maximum atomic E-state index is 12.6. The third-order valence-electron chi connectivity index (χ3n) is 4.85. The second-order valence-corrected chi connectivity index (χ2v) is 6.88. The molecule has 0 bridgehead atoms. The predicted octanol–water partition coefficient (Wildman–Crippen LogP) is 3.62. The van der Waals surface area contributed by atoms with Gasteiger partial charge >= 0.3 is 11.8 Å². The van der Waals surface area contributed by atoms with E-state index in [0.717, 1.165) is 22.2 Å². The van der Waals surface area contributed by atoms with Crippen molar-refractivity contribution in [1.82, 2.24) is 10.3 Å². The molecular weight excluding hydrogens is 378 g/mol. The molecule has 3 aromatic carbocycles. The third kappa shape index (κ3) is 4.09. The Labute approximate surface area is 173 Å². The molecule has 0 aliphatic heterocycles. The van der Waals surface area contributed by atoms with Gasteiger partial charge in [0.15, 0.2) is 0 Å². The Kier molecular flexibility index (Phi) is 5.59. The smallest absolute Gasteiger partial charge is 0.313 e. The third-order valence-corrected chi connectivity index (χ3v) is 4.85. The minimum absolute atomic E-state index is 0.0598. The van der Waals surface area contributed by atoms with E-state index in [4.69, 9.17) is 0 Å². The summed E-state index contributed by atoms with van der Waals surface area (Å²) in [6.07, 6.45) is -0.893. The monoisotopic (exact) mass is 399 g/mol. The summed E-state index contributed by atoms with van der Waals surface area (Å²) in [7, 11) is 0. The van der Waals surface area contributed by atoms with Gasteiger partial charge in [-0.2, -0.15) is 0 Å². The fraction of sp³-hybridized carbons (Fsp3) is 0.0833. The molecule has 1 atom stereocenters. The number of carbonyl (C=O) groups excluding carboxylic acids is 2. The van der Waals surface area contributed by atoms with Crippen molar-refractivity contribution in [2.75, 3.05) is 11.9 Å². The fourth-order valence-corrected chi connectivity index (χ4v) is 3.33. The molecule has 4 N–H and O–H groups in total. The molecule has 0 radical (unpaired) electrons. The Hall–Kier alpha value is -3.90. The number of amides is 2. The fourth-order valence-electron chi connectivity index (χ4n) is 3.33. The highest BCUT2D eigenvalue weighted by atomic mass is 16.3. The molecule has 0 aliphatic rings. The number of rotatable bonds is 5. The zero-order chi connectivity index (χ0) is 20.9. The normalized spacial score (nSPS) is 11.8. The molecule has 2 amide bonds. The van der Waals surface area contributed by atoms with Gasteiger partial charge in [-0.3, -0.25) is 9.59 Å². The highest BCUT2D eigenvalue weighted by Crippen LogP contribution is 2.34. The van der Waals surface area contributed by atoms with Crippen molar-refractivity contribution in [3.8, 4) is 11.3 Å². The van der Waals surface area contributed by atoms with Crippen molar-refractivity contribution in [3.05, 3.63) is 90.5 Å². The Bertz CT molecular complexity index is 1170. The maximum Gasteiger partial charge on any atom is 0.313 e. The summed E-state index contributed by atoms with van der Waals surface area (Å²) in [6, 6.07) is 26.1. The van der Waals surface area contributed by atoms with Crippen LogP contribution < -0.4 is 10.6 Å². The number of aromatic amines is 1. The van der Waals surface area contributed by atoms with Crippen molar-refractivity contribution >= 4 is 28.4 Å². The number of H-pyrrole nitrogens is 1. The second-order valence-electron chi connectivity index (χ2n) is 6.88. The Morgan fingerprint density at radius 3 is 2.20 bits per heavy atom. The number of hydrogen-bond donors (Lipinski definition) is 4. The van der Waals surface area contributed by atoms with Crippen LogP contribution in [-0.2, 0) is 9.59 Å². The van der Waals surface area contributed by atoms with E-state index in [1.807, 2.05) is 60.7 Å². The van der Waals surface area contributed by atoms with Crippen molar-refractivity contribution in [1.29, 1.82) is 0 Å². The van der Waals surface area contributed by atoms with Gasteiger partial charge in [-0.1, -0.05) is 78.9 Å². The van der Waals surface area contributed by atoms with E-state index in [2.05, 4.69) is 15.6 Å². The first-order valence-corrected chi connectivity index (χ1v) is 9.62. The summed E-state index contributed by atoms with van der Waals surface area (Å²) in [5.74, 6) is -1.61. The van der Waals surface area contributed by atoms with Gasteiger partial charge in [0.2, 0.25) is 0 Å². The quantitative estimate of drug-likeness (QED) is 0.386. The van der Waals surface area contributed by atoms with Crippen LogP contribution in [0, 0.1) is 0 Å². The highest BCUT2D eigenvalue weighted by molar-refractivity contribution is 6.40. The molecule has 0 fully saturated rings. The molecule has 30 heavy (non-hydrogen) atoms. The van der Waals surface area contributed by atoms with E-state index >= 15 is 0 Å². The van der Waals surface area contributed by atoms with Gasteiger partial charge in [0.1, 0.15) is 0 Å². The molecule has 0 saturated heterocycles. The molecular formula is C24H21N3O3. The van der Waals surface area contributed by atoms with Gasteiger partial charge in [-0.25, -0.2) is 0 Å². The SMILES string of the molecule is O=C(NCC(O)c1ccccc1)C(=O)Nc1c(-c2ccccc2)[nH]c2ccccc12. The molecule has 4 aromatic rings. The summed E-state index contributed by atoms with van der Waals surface area (Å²) in [5.41, 5.74) is 3.68. The molecule has 6 heteroatoms. The average Bonchev–Trinajstić information content (AvgIpc) is 3.16. The van der Waals surface area contributed by atoms with E-state index in [1.54, 1.807) is 24.3 Å². The van der Waals surface area contributed by atoms with Gasteiger partial charge in [0.25, 0.3) is 0 Å². The number of fused-ring (bicyclic) bond motifs is 1. The molecule has 0 saturated carbocycles. The van der Waals surface area contributed by atoms with Crippen LogP contribution in [0.1, 0.15) is 11.7 Å². The average molecular weight is 399 g/mol. The summed E-state index contributed by atoms with van der Waals surface area (Å²) < 4.78 is 0. The van der Waals surface area contributed by atoms with Crippen molar-refractivity contribution in [3.63, 3.8) is 0 Å². The van der Waals surface area contributed by atoms with Gasteiger partial charge in [0, 0.05) is 23.0 Å². The Balaban J connectivity index is 1.52. The number of nitrogens with one attached hydrogen (secondary N) is 3. The molecule has 4 rings (SSSR count). The zero-order valence-corrected chi connectivity index (χ0v) is 16.1. The molecule has 150 valence electrons. The molecule has 6 nitrogen and oxygen atoms in total. The van der Waals surface area contributed by atoms with E-state index in [0.29, 0.717) is 11.3 Å². The van der Waals surface area contributed by atoms with E-state index in [9.17, 15) is 14.7 Å². The highest BCUT2D eigenvalue weighted by Gasteiger charge is 2.20. The standard InChI is InChI=1S/C24H21N3O3/c28-20(16-9-3-1-4-10-16)15-25-23(29)24(30)27-22-18-13-7-8-14-19(18)26-21(22)17-11-5-2-6-12-17/h1-14,20,26,28H,15H2,(H,25,29)(H,27,30). The summed E-state index contributed by atoms with van der Waals surface area (Å²) in [5, 5.41) is 16.2. The van der Waals surface area contributed by atoms with Crippen LogP contribution in [-0.4, -0.2) is 28.4 Å². The topological polar surface area (TPSA) is 94.2 Å². The van der Waals surface area contributed by atoms with Crippen molar-refractivity contribution in [2.24, 2.45) is 0 Å². The lowest BCUT2D eigenvalue weighted by Gasteiger charge is -2.12. The first-order valence-electron chi connectivity index (χ1n) is 9.62. The lowest BCUT2D eigenvalue weighted by molar-refractivity contribution is -0.136. The minimum Gasteiger partial charge on any atom is -0.387 e. The van der Waals surface area contributed by atoms with Crippen LogP contribution in [0.2, 0.25) is 0 Å². The van der Waals surface area contributed by atoms with Crippen LogP contribution in [0.4, 0.5) is 5.69 Å². The Morgan fingerprint density at radius 2 is 1.47 bits per heavy atom. The van der Waals surface area contributed by atoms with Crippen LogP contribution in [0.5, 0.6) is 0 Å². The van der Waals surface area contributed by atoms with Crippen LogP contribution in [0.25, 0.3) is 22.2 Å². The number of carbonyl (C=O) groups is 2. The molecule has 1 aromatic heterocycles. The number of aliphatic hydroxyl groups excluding tert-OH is 1. The summed E-state index contributed by atoms with van der Waals surface area (Å²) in [4.78, 5) is 28.2. The Morgan fingerprint density at radius 1 is 0.833 bits per heavy atom. The molecule has 0 spiro atoms. The van der Waals surface area contributed by atoms with Crippen LogP contribution in [0.3, 0.4) is 0 Å². The summed E-state index contributed by atoms with van der Waals surface area (Å²) in [6.45, 7) is -0.0598. The van der Waals surface area contributed by atoms with E-state index in [1.165, 1.54) is 0 Å². The molecule has 1 unspecified atom stereocenters. The van der Waals surface area contributed by atoms with E-state index in [-0.39, 0.29) is 6.54 Å². The first-order chi connectivity index (χ1) is 14.6. The number of aliphatic hydroxyl groups is 1. The number of aromatic nitrogens is 1. The number of anilines is 1. The maximum absolute atomic E-state index is 12.6. The van der Waals surface area contributed by atoms with Gasteiger partial charge < -0.3 is 20.7 Å². The van der Waals surface area contributed by atoms with Gasteiger partial charge in [0.05, 0.1) is 17.5 Å². The van der Waals surface area contributed by atoms with Crippen molar-refractivity contribution in [2.45, 2.75) is 6.10 Å². The second kappa shape index (κ2) is 8.63.